The van der Waals surface area contributed by atoms with E-state index in [-0.39, 0.29) is 5.41 Å². The molecular weight excluding hydrogens is 222 g/mol. The van der Waals surface area contributed by atoms with Crippen molar-refractivity contribution < 1.29 is 0 Å². The first kappa shape index (κ1) is 12.7. The fourth-order valence-corrected chi connectivity index (χ4v) is 2.04. The van der Waals surface area contributed by atoms with Crippen LogP contribution in [-0.4, -0.2) is 9.97 Å². The predicted octanol–water partition coefficient (Wildman–Crippen LogP) is 3.63. The maximum Gasteiger partial charge on any atom is 0.0925 e. The van der Waals surface area contributed by atoms with Crippen LogP contribution in [-0.2, 0) is 12.0 Å². The second kappa shape index (κ2) is 4.84. The summed E-state index contributed by atoms with van der Waals surface area (Å²) in [5.41, 5.74) is 4.85. The molecule has 1 heterocycles. The quantitative estimate of drug-likeness (QED) is 0.864. The Morgan fingerprint density at radius 2 is 1.94 bits per heavy atom. The van der Waals surface area contributed by atoms with Gasteiger partial charge in [0.1, 0.15) is 0 Å². The highest BCUT2D eigenvalue weighted by atomic mass is 14.9. The van der Waals surface area contributed by atoms with E-state index in [1.807, 2.05) is 6.92 Å². The van der Waals surface area contributed by atoms with Gasteiger partial charge in [-0.2, -0.15) is 0 Å². The van der Waals surface area contributed by atoms with Crippen molar-refractivity contribution in [1.29, 1.82) is 0 Å². The molecule has 0 aliphatic heterocycles. The summed E-state index contributed by atoms with van der Waals surface area (Å²) < 4.78 is 0. The molecule has 0 saturated heterocycles. The molecule has 0 unspecified atom stereocenters. The normalized spacial score (nSPS) is 11.6. The van der Waals surface area contributed by atoms with Crippen molar-refractivity contribution in [3.63, 3.8) is 0 Å². The number of hydrogen-bond acceptors (Lipinski definition) is 2. The van der Waals surface area contributed by atoms with Gasteiger partial charge >= 0.3 is 0 Å². The first-order valence-corrected chi connectivity index (χ1v) is 6.30. The van der Waals surface area contributed by atoms with Crippen molar-refractivity contribution in [2.75, 3.05) is 5.32 Å². The Hall–Kier alpha value is -1.77. The number of aryl methyl sites for hydroxylation is 1. The number of aromatic amines is 1. The number of aromatic nitrogens is 2. The molecule has 3 nitrogen and oxygen atoms in total. The fraction of sp³-hybridized carbons (Fsp3) is 0.400. The maximum atomic E-state index is 4.30. The van der Waals surface area contributed by atoms with E-state index in [1.54, 1.807) is 6.33 Å². The third-order valence-electron chi connectivity index (χ3n) is 3.12. The van der Waals surface area contributed by atoms with Crippen LogP contribution >= 0.6 is 0 Å². The summed E-state index contributed by atoms with van der Waals surface area (Å²) in [6, 6.07) is 8.46. The van der Waals surface area contributed by atoms with E-state index in [0.717, 1.165) is 17.9 Å². The van der Waals surface area contributed by atoms with Crippen LogP contribution in [0.25, 0.3) is 0 Å². The number of hydrogen-bond donors (Lipinski definition) is 2. The van der Waals surface area contributed by atoms with Crippen molar-refractivity contribution in [1.82, 2.24) is 9.97 Å². The van der Waals surface area contributed by atoms with Crippen molar-refractivity contribution in [3.8, 4) is 0 Å². The van der Waals surface area contributed by atoms with Crippen LogP contribution in [0.5, 0.6) is 0 Å². The minimum atomic E-state index is 0.143. The van der Waals surface area contributed by atoms with E-state index in [4.69, 9.17) is 0 Å². The predicted molar refractivity (Wildman–Crippen MR) is 75.8 cm³/mol. The summed E-state index contributed by atoms with van der Waals surface area (Å²) in [4.78, 5) is 7.40. The first-order chi connectivity index (χ1) is 8.48. The van der Waals surface area contributed by atoms with Crippen LogP contribution in [0.3, 0.4) is 0 Å². The average molecular weight is 243 g/mol. The topological polar surface area (TPSA) is 40.7 Å². The van der Waals surface area contributed by atoms with Crippen molar-refractivity contribution in [2.24, 2.45) is 0 Å². The van der Waals surface area contributed by atoms with Crippen LogP contribution in [0.2, 0.25) is 0 Å². The van der Waals surface area contributed by atoms with Gasteiger partial charge in [0.2, 0.25) is 0 Å². The Kier molecular flexibility index (Phi) is 3.41. The molecule has 0 fully saturated rings. The van der Waals surface area contributed by atoms with E-state index < -0.39 is 0 Å². The number of para-hydroxylation sites is 1. The van der Waals surface area contributed by atoms with Crippen LogP contribution in [0.1, 0.15) is 37.7 Å². The van der Waals surface area contributed by atoms with E-state index in [2.05, 4.69) is 60.3 Å². The van der Waals surface area contributed by atoms with Crippen molar-refractivity contribution in [3.05, 3.63) is 47.5 Å². The Balaban J connectivity index is 2.17. The van der Waals surface area contributed by atoms with Gasteiger partial charge in [-0.1, -0.05) is 39.0 Å². The zero-order valence-electron chi connectivity index (χ0n) is 11.5. The second-order valence-electron chi connectivity index (χ2n) is 5.62. The summed E-state index contributed by atoms with van der Waals surface area (Å²) in [5, 5.41) is 3.48. The van der Waals surface area contributed by atoms with Gasteiger partial charge < -0.3 is 10.3 Å². The lowest BCUT2D eigenvalue weighted by atomic mass is 9.86. The van der Waals surface area contributed by atoms with Gasteiger partial charge in [-0.3, -0.25) is 0 Å². The Labute approximate surface area is 109 Å². The molecule has 2 rings (SSSR count). The summed E-state index contributed by atoms with van der Waals surface area (Å²) >= 11 is 0. The van der Waals surface area contributed by atoms with E-state index in [0.29, 0.717) is 0 Å². The molecule has 3 heteroatoms. The highest BCUT2D eigenvalue weighted by Crippen LogP contribution is 2.29. The molecule has 2 N–H and O–H groups in total. The van der Waals surface area contributed by atoms with Crippen molar-refractivity contribution >= 4 is 5.69 Å². The average Bonchev–Trinajstić information content (AvgIpc) is 2.71. The number of anilines is 1. The molecule has 0 atom stereocenters. The molecule has 0 aliphatic rings. The van der Waals surface area contributed by atoms with Gasteiger partial charge in [0.25, 0.3) is 0 Å². The minimum Gasteiger partial charge on any atom is -0.379 e. The molecule has 0 saturated carbocycles. The second-order valence-corrected chi connectivity index (χ2v) is 5.62. The number of rotatable bonds is 3. The SMILES string of the molecule is Cc1[nH]cnc1CNc1ccccc1C(C)(C)C. The van der Waals surface area contributed by atoms with Crippen LogP contribution in [0.15, 0.2) is 30.6 Å². The first-order valence-electron chi connectivity index (χ1n) is 6.30. The Bertz CT molecular complexity index is 521. The van der Waals surface area contributed by atoms with Gasteiger partial charge in [0.05, 0.1) is 18.6 Å². The molecule has 0 aliphatic carbocycles. The molecule has 0 amide bonds. The summed E-state index contributed by atoms with van der Waals surface area (Å²) in [6.07, 6.45) is 1.74. The van der Waals surface area contributed by atoms with E-state index in [9.17, 15) is 0 Å². The number of H-pyrrole nitrogens is 1. The standard InChI is InChI=1S/C15H21N3/c1-11-14(18-10-17-11)9-16-13-8-6-5-7-12(13)15(2,3)4/h5-8,10,16H,9H2,1-4H3,(H,17,18). The zero-order valence-corrected chi connectivity index (χ0v) is 11.5. The number of nitrogens with zero attached hydrogens (tertiary/aromatic N) is 1. The lowest BCUT2D eigenvalue weighted by Gasteiger charge is -2.23. The number of nitrogens with one attached hydrogen (secondary N) is 2. The summed E-state index contributed by atoms with van der Waals surface area (Å²) in [6.45, 7) is 9.48. The highest BCUT2D eigenvalue weighted by molar-refractivity contribution is 5.54. The van der Waals surface area contributed by atoms with Gasteiger partial charge in [0.15, 0.2) is 0 Å². The molecule has 2 aromatic rings. The molecule has 1 aromatic heterocycles. The summed E-state index contributed by atoms with van der Waals surface area (Å²) in [5.74, 6) is 0. The van der Waals surface area contributed by atoms with Crippen LogP contribution in [0.4, 0.5) is 5.69 Å². The largest absolute Gasteiger partial charge is 0.379 e. The van der Waals surface area contributed by atoms with E-state index >= 15 is 0 Å². The molecule has 0 bridgehead atoms. The van der Waals surface area contributed by atoms with Gasteiger partial charge in [-0.05, 0) is 24.0 Å². The number of imidazole rings is 1. The molecule has 1 aromatic carbocycles. The Morgan fingerprint density at radius 1 is 1.22 bits per heavy atom. The van der Waals surface area contributed by atoms with E-state index in [1.165, 1.54) is 11.3 Å². The Morgan fingerprint density at radius 3 is 2.56 bits per heavy atom. The third kappa shape index (κ3) is 2.73. The van der Waals surface area contributed by atoms with Crippen LogP contribution in [0, 0.1) is 6.92 Å². The number of benzene rings is 1. The summed E-state index contributed by atoms with van der Waals surface area (Å²) in [7, 11) is 0. The van der Waals surface area contributed by atoms with Gasteiger partial charge in [-0.25, -0.2) is 4.98 Å². The lowest BCUT2D eigenvalue weighted by molar-refractivity contribution is 0.591. The maximum absolute atomic E-state index is 4.30. The molecular formula is C15H21N3. The molecule has 0 radical (unpaired) electrons. The smallest absolute Gasteiger partial charge is 0.0925 e. The zero-order chi connectivity index (χ0) is 13.2. The molecule has 18 heavy (non-hydrogen) atoms. The van der Waals surface area contributed by atoms with Crippen molar-refractivity contribution in [2.45, 2.75) is 39.7 Å². The fourth-order valence-electron chi connectivity index (χ4n) is 2.04. The lowest BCUT2D eigenvalue weighted by Crippen LogP contribution is -2.15. The van der Waals surface area contributed by atoms with Gasteiger partial charge in [0, 0.05) is 11.4 Å². The van der Waals surface area contributed by atoms with Crippen LogP contribution < -0.4 is 5.32 Å². The van der Waals surface area contributed by atoms with Gasteiger partial charge in [-0.15, -0.1) is 0 Å². The minimum absolute atomic E-state index is 0.143. The highest BCUT2D eigenvalue weighted by Gasteiger charge is 2.17. The third-order valence-corrected chi connectivity index (χ3v) is 3.12. The molecule has 96 valence electrons. The molecule has 0 spiro atoms. The monoisotopic (exact) mass is 243 g/mol.